The lowest BCUT2D eigenvalue weighted by atomic mass is 10.1. The van der Waals surface area contributed by atoms with E-state index in [1.807, 2.05) is 30.3 Å². The first-order chi connectivity index (χ1) is 7.27. The maximum Gasteiger partial charge on any atom is 0.269 e. The van der Waals surface area contributed by atoms with Gasteiger partial charge in [0.25, 0.3) is 5.69 Å². The number of rotatable bonds is 2. The van der Waals surface area contributed by atoms with Crippen LogP contribution in [0.1, 0.15) is 0 Å². The lowest BCUT2D eigenvalue weighted by Crippen LogP contribution is -1.86. The molecule has 0 radical (unpaired) electrons. The Labute approximate surface area is 87.1 Å². The highest BCUT2D eigenvalue weighted by Gasteiger charge is 2.04. The Hall–Kier alpha value is -2.16. The van der Waals surface area contributed by atoms with Gasteiger partial charge in [-0.2, -0.15) is 0 Å². The summed E-state index contributed by atoms with van der Waals surface area (Å²) in [4.78, 5) is 10.1. The number of hydrogen-bond donors (Lipinski definition) is 0. The average Bonchev–Trinajstić information content (AvgIpc) is 2.30. The third kappa shape index (κ3) is 2.02. The Morgan fingerprint density at radius 1 is 0.800 bits per heavy atom. The molecule has 0 aliphatic heterocycles. The van der Waals surface area contributed by atoms with Gasteiger partial charge in [-0.15, -0.1) is 0 Å². The lowest BCUT2D eigenvalue weighted by Gasteiger charge is -1.99. The zero-order valence-electron chi connectivity index (χ0n) is 7.96. The molecule has 0 unspecified atom stereocenters. The van der Waals surface area contributed by atoms with E-state index in [0.717, 1.165) is 11.1 Å². The summed E-state index contributed by atoms with van der Waals surface area (Å²) in [5, 5.41) is 10.5. The number of nitrogens with zero attached hydrogens (tertiary/aromatic N) is 1. The monoisotopic (exact) mass is 199 g/mol. The Kier molecular flexibility index (Phi) is 2.46. The number of non-ortho nitro benzene ring substituents is 1. The van der Waals surface area contributed by atoms with Crippen LogP contribution in [0.25, 0.3) is 11.1 Å². The van der Waals surface area contributed by atoms with Gasteiger partial charge in [-0.25, -0.2) is 0 Å². The first-order valence-electron chi connectivity index (χ1n) is 4.57. The van der Waals surface area contributed by atoms with Crippen LogP contribution in [0.5, 0.6) is 0 Å². The van der Waals surface area contributed by atoms with Gasteiger partial charge in [-0.3, -0.25) is 10.1 Å². The van der Waals surface area contributed by atoms with Gasteiger partial charge in [0.05, 0.1) is 4.92 Å². The largest absolute Gasteiger partial charge is 0.269 e. The van der Waals surface area contributed by atoms with Gasteiger partial charge in [0, 0.05) is 12.1 Å². The van der Waals surface area contributed by atoms with Crippen LogP contribution < -0.4 is 0 Å². The molecule has 3 nitrogen and oxygen atoms in total. The van der Waals surface area contributed by atoms with Crippen molar-refractivity contribution in [3.63, 3.8) is 0 Å². The molecule has 0 N–H and O–H groups in total. The molecule has 0 fully saturated rings. The third-order valence-corrected chi connectivity index (χ3v) is 2.19. The van der Waals surface area contributed by atoms with Crippen molar-refractivity contribution in [1.82, 2.24) is 0 Å². The molecule has 0 saturated heterocycles. The summed E-state index contributed by atoms with van der Waals surface area (Å²) in [6.45, 7) is 0. The van der Waals surface area contributed by atoms with Crippen LogP contribution in [-0.4, -0.2) is 4.92 Å². The molecule has 0 heterocycles. The Morgan fingerprint density at radius 2 is 1.33 bits per heavy atom. The molecule has 0 saturated carbocycles. The normalized spacial score (nSPS) is 9.87. The first-order valence-corrected chi connectivity index (χ1v) is 4.57. The SMILES string of the molecule is O=[N+]([O-])c1ccc(-c2ccccc2)cc1. The molecule has 0 aliphatic carbocycles. The van der Waals surface area contributed by atoms with Crippen molar-refractivity contribution in [2.24, 2.45) is 0 Å². The van der Waals surface area contributed by atoms with E-state index in [-0.39, 0.29) is 5.69 Å². The summed E-state index contributed by atoms with van der Waals surface area (Å²) in [6, 6.07) is 16.3. The van der Waals surface area contributed by atoms with Gasteiger partial charge in [0.2, 0.25) is 0 Å². The molecule has 2 aromatic carbocycles. The van der Waals surface area contributed by atoms with Gasteiger partial charge < -0.3 is 0 Å². The van der Waals surface area contributed by atoms with Crippen molar-refractivity contribution >= 4 is 5.69 Å². The van der Waals surface area contributed by atoms with Gasteiger partial charge >= 0.3 is 0 Å². The fourth-order valence-electron chi connectivity index (χ4n) is 1.41. The highest BCUT2D eigenvalue weighted by atomic mass is 16.6. The Balaban J connectivity index is 2.36. The molecule has 0 aliphatic rings. The summed E-state index contributed by atoms with van der Waals surface area (Å²) < 4.78 is 0. The van der Waals surface area contributed by atoms with Crippen LogP contribution in [0.3, 0.4) is 0 Å². The van der Waals surface area contributed by atoms with Gasteiger partial charge in [0.1, 0.15) is 0 Å². The van der Waals surface area contributed by atoms with Crippen LogP contribution in [0.15, 0.2) is 54.6 Å². The second-order valence-corrected chi connectivity index (χ2v) is 3.17. The average molecular weight is 199 g/mol. The Bertz CT molecular complexity index is 463. The van der Waals surface area contributed by atoms with Crippen LogP contribution in [-0.2, 0) is 0 Å². The zero-order chi connectivity index (χ0) is 10.7. The molecule has 2 aromatic rings. The molecule has 0 bridgehead atoms. The van der Waals surface area contributed by atoms with Crippen molar-refractivity contribution in [2.45, 2.75) is 0 Å². The Morgan fingerprint density at radius 3 is 1.87 bits per heavy atom. The number of nitro groups is 1. The molecule has 0 atom stereocenters. The molecule has 74 valence electrons. The van der Waals surface area contributed by atoms with Crippen molar-refractivity contribution in [1.29, 1.82) is 0 Å². The molecule has 0 spiro atoms. The van der Waals surface area contributed by atoms with Crippen LogP contribution >= 0.6 is 0 Å². The van der Waals surface area contributed by atoms with E-state index in [4.69, 9.17) is 0 Å². The maximum atomic E-state index is 10.5. The zero-order valence-corrected chi connectivity index (χ0v) is 7.96. The predicted molar refractivity (Wildman–Crippen MR) is 58.5 cm³/mol. The molecule has 15 heavy (non-hydrogen) atoms. The second kappa shape index (κ2) is 3.92. The maximum absolute atomic E-state index is 10.5. The van der Waals surface area contributed by atoms with Crippen molar-refractivity contribution in [2.75, 3.05) is 0 Å². The molecule has 3 heteroatoms. The first kappa shape index (κ1) is 9.40. The van der Waals surface area contributed by atoms with Crippen molar-refractivity contribution in [3.05, 3.63) is 64.7 Å². The summed E-state index contributed by atoms with van der Waals surface area (Å²) in [7, 11) is 0. The van der Waals surface area contributed by atoms with E-state index in [1.165, 1.54) is 12.1 Å². The van der Waals surface area contributed by atoms with Gasteiger partial charge in [-0.05, 0) is 23.3 Å². The molecule has 0 aromatic heterocycles. The molecule has 0 amide bonds. The smallest absolute Gasteiger partial charge is 0.258 e. The number of benzene rings is 2. The second-order valence-electron chi connectivity index (χ2n) is 3.17. The minimum Gasteiger partial charge on any atom is -0.258 e. The minimum absolute atomic E-state index is 0.120. The fourth-order valence-corrected chi connectivity index (χ4v) is 1.41. The highest BCUT2D eigenvalue weighted by molar-refractivity contribution is 5.64. The quantitative estimate of drug-likeness (QED) is 0.550. The van der Waals surface area contributed by atoms with Crippen LogP contribution in [0.2, 0.25) is 0 Å². The predicted octanol–water partition coefficient (Wildman–Crippen LogP) is 3.26. The van der Waals surface area contributed by atoms with E-state index in [9.17, 15) is 10.1 Å². The van der Waals surface area contributed by atoms with E-state index < -0.39 is 4.92 Å². The standard InChI is InChI=1S/C12H9NO2/c14-13(15)12-8-6-11(7-9-12)10-4-2-1-3-5-10/h1-9H. The highest BCUT2D eigenvalue weighted by Crippen LogP contribution is 2.21. The number of nitro benzene ring substituents is 1. The van der Waals surface area contributed by atoms with Crippen LogP contribution in [0.4, 0.5) is 5.69 Å². The van der Waals surface area contributed by atoms with E-state index in [0.29, 0.717) is 0 Å². The van der Waals surface area contributed by atoms with Crippen LogP contribution in [0, 0.1) is 10.1 Å². The van der Waals surface area contributed by atoms with E-state index >= 15 is 0 Å². The van der Waals surface area contributed by atoms with Crippen molar-refractivity contribution in [3.8, 4) is 11.1 Å². The third-order valence-electron chi connectivity index (χ3n) is 2.19. The summed E-state index contributed by atoms with van der Waals surface area (Å²) >= 11 is 0. The topological polar surface area (TPSA) is 43.1 Å². The van der Waals surface area contributed by atoms with Crippen molar-refractivity contribution < 1.29 is 4.92 Å². The number of hydrogen-bond acceptors (Lipinski definition) is 2. The summed E-state index contributed by atoms with van der Waals surface area (Å²) in [5.41, 5.74) is 2.17. The van der Waals surface area contributed by atoms with Gasteiger partial charge in [0.15, 0.2) is 0 Å². The summed E-state index contributed by atoms with van der Waals surface area (Å²) in [6.07, 6.45) is 0. The van der Waals surface area contributed by atoms with Gasteiger partial charge in [-0.1, -0.05) is 30.3 Å². The molecular formula is C12H9NO2. The van der Waals surface area contributed by atoms with E-state index in [1.54, 1.807) is 12.1 Å². The summed E-state index contributed by atoms with van der Waals surface area (Å²) in [5.74, 6) is 0. The van der Waals surface area contributed by atoms with E-state index in [2.05, 4.69) is 0 Å². The lowest BCUT2D eigenvalue weighted by molar-refractivity contribution is -0.384. The fraction of sp³-hybridized carbons (Fsp3) is 0. The minimum atomic E-state index is -0.394. The molecule has 2 rings (SSSR count). The molecular weight excluding hydrogens is 190 g/mol.